The van der Waals surface area contributed by atoms with Gasteiger partial charge < -0.3 is 15.2 Å². The van der Waals surface area contributed by atoms with Gasteiger partial charge in [-0.3, -0.25) is 0 Å². The maximum Gasteiger partial charge on any atom is 0.128 e. The molecule has 2 aliphatic rings. The Morgan fingerprint density at radius 3 is 2.85 bits per heavy atom. The van der Waals surface area contributed by atoms with Gasteiger partial charge in [-0.1, -0.05) is 35.2 Å². The Morgan fingerprint density at radius 1 is 1.25 bits per heavy atom. The molecule has 0 atom stereocenters. The summed E-state index contributed by atoms with van der Waals surface area (Å²) in [4.78, 5) is 0. The van der Waals surface area contributed by atoms with Crippen molar-refractivity contribution >= 4 is 15.9 Å². The molecule has 0 amide bonds. The zero-order valence-corrected chi connectivity index (χ0v) is 13.4. The van der Waals surface area contributed by atoms with E-state index in [1.807, 2.05) is 0 Å². The summed E-state index contributed by atoms with van der Waals surface area (Å²) in [5, 5.41) is 0. The molecule has 1 aliphatic heterocycles. The standard InChI is InChI=1S/C16H22BrNO2/c17-14-8-12-4-7-20-15(12)13(9-14)10-19-11-16(18)5-2-1-3-6-16/h8-9H,1-7,10-11,18H2. The van der Waals surface area contributed by atoms with E-state index < -0.39 is 0 Å². The van der Waals surface area contributed by atoms with E-state index >= 15 is 0 Å². The predicted molar refractivity (Wildman–Crippen MR) is 83.0 cm³/mol. The quantitative estimate of drug-likeness (QED) is 0.911. The van der Waals surface area contributed by atoms with Crippen LogP contribution in [0.1, 0.15) is 43.2 Å². The van der Waals surface area contributed by atoms with E-state index in [0.717, 1.165) is 41.7 Å². The van der Waals surface area contributed by atoms with Crippen LogP contribution >= 0.6 is 15.9 Å². The van der Waals surface area contributed by atoms with E-state index in [1.165, 1.54) is 24.8 Å². The molecule has 4 heteroatoms. The first-order chi connectivity index (χ1) is 9.66. The average molecular weight is 340 g/mol. The van der Waals surface area contributed by atoms with Gasteiger partial charge in [0.1, 0.15) is 5.75 Å². The summed E-state index contributed by atoms with van der Waals surface area (Å²) in [7, 11) is 0. The topological polar surface area (TPSA) is 44.5 Å². The molecule has 1 heterocycles. The van der Waals surface area contributed by atoms with Crippen LogP contribution in [0.2, 0.25) is 0 Å². The molecule has 110 valence electrons. The van der Waals surface area contributed by atoms with Crippen LogP contribution in [0.3, 0.4) is 0 Å². The van der Waals surface area contributed by atoms with Crippen LogP contribution in [-0.2, 0) is 17.8 Å². The maximum atomic E-state index is 6.40. The first-order valence-corrected chi connectivity index (χ1v) is 8.26. The number of rotatable bonds is 4. The van der Waals surface area contributed by atoms with Crippen molar-refractivity contribution in [1.29, 1.82) is 0 Å². The maximum absolute atomic E-state index is 6.40. The van der Waals surface area contributed by atoms with E-state index in [4.69, 9.17) is 15.2 Å². The molecule has 0 aromatic heterocycles. The normalized spacial score (nSPS) is 20.5. The second-order valence-electron chi connectivity index (χ2n) is 6.07. The summed E-state index contributed by atoms with van der Waals surface area (Å²) in [6.45, 7) is 2.01. The van der Waals surface area contributed by atoms with Gasteiger partial charge in [-0.2, -0.15) is 0 Å². The van der Waals surface area contributed by atoms with E-state index in [-0.39, 0.29) is 5.54 Å². The van der Waals surface area contributed by atoms with E-state index in [0.29, 0.717) is 13.2 Å². The first kappa shape index (κ1) is 14.4. The molecule has 3 rings (SSSR count). The molecule has 1 aliphatic carbocycles. The first-order valence-electron chi connectivity index (χ1n) is 7.47. The number of halogens is 1. The van der Waals surface area contributed by atoms with Gasteiger partial charge in [0.2, 0.25) is 0 Å². The van der Waals surface area contributed by atoms with Crippen molar-refractivity contribution in [2.24, 2.45) is 5.73 Å². The SMILES string of the molecule is NC1(COCc2cc(Br)cc3c2OCC3)CCCCC1. The minimum absolute atomic E-state index is 0.117. The summed E-state index contributed by atoms with van der Waals surface area (Å²) in [6, 6.07) is 4.23. The lowest BCUT2D eigenvalue weighted by Crippen LogP contribution is -2.46. The van der Waals surface area contributed by atoms with Gasteiger partial charge in [0.25, 0.3) is 0 Å². The Kier molecular flexibility index (Phi) is 4.34. The molecule has 1 fully saturated rings. The van der Waals surface area contributed by atoms with Crippen molar-refractivity contribution in [2.75, 3.05) is 13.2 Å². The number of hydrogen-bond acceptors (Lipinski definition) is 3. The fourth-order valence-electron chi connectivity index (χ4n) is 3.22. The second kappa shape index (κ2) is 6.04. The minimum Gasteiger partial charge on any atom is -0.493 e. The predicted octanol–water partition coefficient (Wildman–Crippen LogP) is 3.56. The number of ether oxygens (including phenoxy) is 2. The summed E-state index contributed by atoms with van der Waals surface area (Å²) in [5.41, 5.74) is 8.69. The molecule has 1 saturated carbocycles. The number of hydrogen-bond donors (Lipinski definition) is 1. The molecular formula is C16H22BrNO2. The molecule has 0 bridgehead atoms. The third-order valence-corrected chi connectivity index (χ3v) is 4.78. The second-order valence-corrected chi connectivity index (χ2v) is 6.98. The third-order valence-electron chi connectivity index (χ3n) is 4.32. The highest BCUT2D eigenvalue weighted by Crippen LogP contribution is 2.34. The third kappa shape index (κ3) is 3.18. The van der Waals surface area contributed by atoms with Gasteiger partial charge in [-0.15, -0.1) is 0 Å². The van der Waals surface area contributed by atoms with Crippen molar-refractivity contribution < 1.29 is 9.47 Å². The van der Waals surface area contributed by atoms with Crippen LogP contribution in [-0.4, -0.2) is 18.8 Å². The molecule has 1 aromatic rings. The van der Waals surface area contributed by atoms with Crippen LogP contribution in [0.15, 0.2) is 16.6 Å². The van der Waals surface area contributed by atoms with E-state index in [2.05, 4.69) is 28.1 Å². The fraction of sp³-hybridized carbons (Fsp3) is 0.625. The van der Waals surface area contributed by atoms with Crippen LogP contribution in [0, 0.1) is 0 Å². The van der Waals surface area contributed by atoms with Gasteiger partial charge in [0.05, 0.1) is 19.8 Å². The van der Waals surface area contributed by atoms with Crippen molar-refractivity contribution in [3.8, 4) is 5.75 Å². The smallest absolute Gasteiger partial charge is 0.128 e. The summed E-state index contributed by atoms with van der Waals surface area (Å²) < 4.78 is 12.7. The monoisotopic (exact) mass is 339 g/mol. The van der Waals surface area contributed by atoms with Gasteiger partial charge in [-0.05, 0) is 30.5 Å². The van der Waals surface area contributed by atoms with Crippen LogP contribution in [0.25, 0.3) is 0 Å². The lowest BCUT2D eigenvalue weighted by atomic mass is 9.83. The minimum atomic E-state index is -0.117. The largest absolute Gasteiger partial charge is 0.493 e. The molecule has 0 spiro atoms. The Hall–Kier alpha value is -0.580. The fourth-order valence-corrected chi connectivity index (χ4v) is 3.77. The highest BCUT2D eigenvalue weighted by atomic mass is 79.9. The number of fused-ring (bicyclic) bond motifs is 1. The lowest BCUT2D eigenvalue weighted by Gasteiger charge is -2.33. The molecule has 0 saturated heterocycles. The molecule has 0 unspecified atom stereocenters. The number of benzene rings is 1. The van der Waals surface area contributed by atoms with Crippen LogP contribution < -0.4 is 10.5 Å². The molecule has 0 radical (unpaired) electrons. The lowest BCUT2D eigenvalue weighted by molar-refractivity contribution is 0.0564. The molecule has 20 heavy (non-hydrogen) atoms. The molecule has 3 nitrogen and oxygen atoms in total. The average Bonchev–Trinajstić information content (AvgIpc) is 2.87. The van der Waals surface area contributed by atoms with Crippen LogP contribution in [0.5, 0.6) is 5.75 Å². The highest BCUT2D eigenvalue weighted by molar-refractivity contribution is 9.10. The zero-order valence-electron chi connectivity index (χ0n) is 11.8. The van der Waals surface area contributed by atoms with Gasteiger partial charge in [0, 0.05) is 22.0 Å². The van der Waals surface area contributed by atoms with Gasteiger partial charge in [0.15, 0.2) is 0 Å². The van der Waals surface area contributed by atoms with Gasteiger partial charge in [-0.25, -0.2) is 0 Å². The zero-order chi connectivity index (χ0) is 14.0. The Labute approximate surface area is 129 Å². The summed E-state index contributed by atoms with van der Waals surface area (Å²) >= 11 is 3.56. The van der Waals surface area contributed by atoms with E-state index in [9.17, 15) is 0 Å². The van der Waals surface area contributed by atoms with Crippen molar-refractivity contribution in [3.63, 3.8) is 0 Å². The molecule has 1 aromatic carbocycles. The number of nitrogens with two attached hydrogens (primary N) is 1. The Bertz CT molecular complexity index is 484. The molecule has 2 N–H and O–H groups in total. The van der Waals surface area contributed by atoms with Crippen molar-refractivity contribution in [1.82, 2.24) is 0 Å². The van der Waals surface area contributed by atoms with Crippen LogP contribution in [0.4, 0.5) is 0 Å². The van der Waals surface area contributed by atoms with Crippen molar-refractivity contribution in [3.05, 3.63) is 27.7 Å². The Morgan fingerprint density at radius 2 is 2.05 bits per heavy atom. The van der Waals surface area contributed by atoms with Gasteiger partial charge >= 0.3 is 0 Å². The Balaban J connectivity index is 1.61. The van der Waals surface area contributed by atoms with Crippen molar-refractivity contribution in [2.45, 2.75) is 50.7 Å². The summed E-state index contributed by atoms with van der Waals surface area (Å²) in [6.07, 6.45) is 6.93. The highest BCUT2D eigenvalue weighted by Gasteiger charge is 2.28. The van der Waals surface area contributed by atoms with E-state index in [1.54, 1.807) is 0 Å². The molecular weight excluding hydrogens is 318 g/mol. The summed E-state index contributed by atoms with van der Waals surface area (Å²) in [5.74, 6) is 1.02.